The van der Waals surface area contributed by atoms with E-state index in [-0.39, 0.29) is 11.8 Å². The van der Waals surface area contributed by atoms with Crippen molar-refractivity contribution < 1.29 is 14.3 Å². The number of hydrogen-bond donors (Lipinski definition) is 2. The number of carbonyl (C=O) groups is 2. The third-order valence-electron chi connectivity index (χ3n) is 3.99. The lowest BCUT2D eigenvalue weighted by Gasteiger charge is -2.23. The van der Waals surface area contributed by atoms with Crippen molar-refractivity contribution in [2.45, 2.75) is 26.4 Å². The summed E-state index contributed by atoms with van der Waals surface area (Å²) in [5.41, 5.74) is 3.37. The average molecular weight is 336 g/mol. The van der Waals surface area contributed by atoms with E-state index in [0.29, 0.717) is 17.1 Å². The predicted molar refractivity (Wildman–Crippen MR) is 98.6 cm³/mol. The summed E-state index contributed by atoms with van der Waals surface area (Å²) in [7, 11) is 0. The fourth-order valence-corrected chi connectivity index (χ4v) is 2.51. The molecule has 0 bridgehead atoms. The van der Waals surface area contributed by atoms with Crippen LogP contribution in [0.4, 0.5) is 11.4 Å². The third kappa shape index (κ3) is 4.07. The fourth-order valence-electron chi connectivity index (χ4n) is 2.51. The lowest BCUT2D eigenvalue weighted by Crippen LogP contribution is -2.34. The Labute approximate surface area is 146 Å². The maximum atomic E-state index is 12.1. The van der Waals surface area contributed by atoms with Crippen LogP contribution >= 0.6 is 0 Å². The van der Waals surface area contributed by atoms with Crippen molar-refractivity contribution >= 4 is 29.3 Å². The van der Waals surface area contributed by atoms with Gasteiger partial charge in [-0.25, -0.2) is 0 Å². The number of nitrogens with one attached hydrogen (secondary N) is 2. The molecule has 2 aromatic carbocycles. The Morgan fingerprint density at radius 1 is 1.24 bits per heavy atom. The van der Waals surface area contributed by atoms with E-state index in [4.69, 9.17) is 4.74 Å². The molecule has 5 nitrogen and oxygen atoms in total. The number of fused-ring (bicyclic) bond motifs is 1. The lowest BCUT2D eigenvalue weighted by atomic mass is 10.1. The van der Waals surface area contributed by atoms with Crippen LogP contribution in [0, 0.1) is 0 Å². The molecule has 0 radical (unpaired) electrons. The molecule has 25 heavy (non-hydrogen) atoms. The van der Waals surface area contributed by atoms with Gasteiger partial charge in [0.25, 0.3) is 5.91 Å². The molecule has 1 aliphatic rings. The SMILES string of the molecule is CCc1ccc(/C=C/C(=O)Nc2ccc3c(c2)NC(=O)[C@H](C)O3)cc1. The molecule has 2 N–H and O–H groups in total. The fraction of sp³-hybridized carbons (Fsp3) is 0.200. The second-order valence-corrected chi connectivity index (χ2v) is 5.88. The number of anilines is 2. The number of ether oxygens (including phenoxy) is 1. The highest BCUT2D eigenvalue weighted by Gasteiger charge is 2.23. The molecule has 0 spiro atoms. The van der Waals surface area contributed by atoms with Gasteiger partial charge in [0.1, 0.15) is 5.75 Å². The second kappa shape index (κ2) is 7.21. The molecule has 1 atom stereocenters. The van der Waals surface area contributed by atoms with Gasteiger partial charge in [-0.05, 0) is 48.7 Å². The summed E-state index contributed by atoms with van der Waals surface area (Å²) in [4.78, 5) is 23.7. The van der Waals surface area contributed by atoms with Crippen molar-refractivity contribution in [1.29, 1.82) is 0 Å². The van der Waals surface area contributed by atoms with Gasteiger partial charge in [0.15, 0.2) is 6.10 Å². The highest BCUT2D eigenvalue weighted by atomic mass is 16.5. The zero-order chi connectivity index (χ0) is 17.8. The molecule has 0 unspecified atom stereocenters. The molecule has 2 amide bonds. The molecule has 0 saturated carbocycles. The summed E-state index contributed by atoms with van der Waals surface area (Å²) in [5, 5.41) is 5.54. The summed E-state index contributed by atoms with van der Waals surface area (Å²) in [5.74, 6) is 0.152. The van der Waals surface area contributed by atoms with Crippen LogP contribution in [0.5, 0.6) is 5.75 Å². The van der Waals surface area contributed by atoms with Crippen LogP contribution in [-0.2, 0) is 16.0 Å². The Kier molecular flexibility index (Phi) is 4.84. The van der Waals surface area contributed by atoms with Crippen molar-refractivity contribution in [2.75, 3.05) is 10.6 Å². The Hall–Kier alpha value is -3.08. The van der Waals surface area contributed by atoms with E-state index in [0.717, 1.165) is 12.0 Å². The Bertz CT molecular complexity index is 825. The predicted octanol–water partition coefficient (Wildman–Crippen LogP) is 3.62. The normalized spacial score (nSPS) is 16.1. The molecular weight excluding hydrogens is 316 g/mol. The van der Waals surface area contributed by atoms with Crippen LogP contribution in [0.2, 0.25) is 0 Å². The van der Waals surface area contributed by atoms with Crippen molar-refractivity contribution in [1.82, 2.24) is 0 Å². The van der Waals surface area contributed by atoms with Gasteiger partial charge in [-0.15, -0.1) is 0 Å². The molecule has 128 valence electrons. The van der Waals surface area contributed by atoms with E-state index < -0.39 is 6.10 Å². The van der Waals surface area contributed by atoms with Crippen LogP contribution in [0.15, 0.2) is 48.5 Å². The first-order valence-electron chi connectivity index (χ1n) is 8.24. The van der Waals surface area contributed by atoms with E-state index >= 15 is 0 Å². The first-order chi connectivity index (χ1) is 12.0. The summed E-state index contributed by atoms with van der Waals surface area (Å²) in [6, 6.07) is 13.2. The summed E-state index contributed by atoms with van der Waals surface area (Å²) < 4.78 is 5.49. The summed E-state index contributed by atoms with van der Waals surface area (Å²) >= 11 is 0. The van der Waals surface area contributed by atoms with E-state index in [2.05, 4.69) is 17.6 Å². The van der Waals surface area contributed by atoms with Crippen molar-refractivity contribution in [3.63, 3.8) is 0 Å². The zero-order valence-corrected chi connectivity index (χ0v) is 14.2. The highest BCUT2D eigenvalue weighted by molar-refractivity contribution is 6.03. The van der Waals surface area contributed by atoms with Crippen LogP contribution in [0.1, 0.15) is 25.0 Å². The summed E-state index contributed by atoms with van der Waals surface area (Å²) in [6.45, 7) is 3.79. The molecule has 1 aliphatic heterocycles. The number of benzene rings is 2. The molecule has 0 saturated heterocycles. The van der Waals surface area contributed by atoms with Crippen molar-refractivity contribution in [2.24, 2.45) is 0 Å². The number of rotatable bonds is 4. The Morgan fingerprint density at radius 2 is 2.00 bits per heavy atom. The van der Waals surface area contributed by atoms with E-state index in [1.54, 1.807) is 31.2 Å². The number of amides is 2. The standard InChI is InChI=1S/C20H20N2O3/c1-3-14-4-6-15(7-5-14)8-11-19(23)21-16-9-10-18-17(12-16)22-20(24)13(2)25-18/h4-13H,3H2,1-2H3,(H,21,23)(H,22,24)/b11-8+/t13-/m0/s1. The Balaban J connectivity index is 1.65. The van der Waals surface area contributed by atoms with E-state index in [1.165, 1.54) is 11.6 Å². The molecule has 0 aliphatic carbocycles. The maximum absolute atomic E-state index is 12.1. The first-order valence-corrected chi connectivity index (χ1v) is 8.24. The largest absolute Gasteiger partial charge is 0.479 e. The summed E-state index contributed by atoms with van der Waals surface area (Å²) in [6.07, 6.45) is 3.72. The smallest absolute Gasteiger partial charge is 0.265 e. The lowest BCUT2D eigenvalue weighted by molar-refractivity contribution is -0.122. The number of hydrogen-bond acceptors (Lipinski definition) is 3. The van der Waals surface area contributed by atoms with E-state index in [1.807, 2.05) is 24.3 Å². The van der Waals surface area contributed by atoms with Gasteiger partial charge in [0, 0.05) is 11.8 Å². The highest BCUT2D eigenvalue weighted by Crippen LogP contribution is 2.32. The molecule has 1 heterocycles. The minimum atomic E-state index is -0.519. The second-order valence-electron chi connectivity index (χ2n) is 5.88. The molecule has 0 fully saturated rings. The molecule has 2 aromatic rings. The first kappa shape index (κ1) is 16.8. The average Bonchev–Trinajstić information content (AvgIpc) is 2.61. The van der Waals surface area contributed by atoms with Crippen LogP contribution in [-0.4, -0.2) is 17.9 Å². The quantitative estimate of drug-likeness (QED) is 0.838. The van der Waals surface area contributed by atoms with Crippen LogP contribution in [0.25, 0.3) is 6.08 Å². The van der Waals surface area contributed by atoms with Gasteiger partial charge < -0.3 is 15.4 Å². The maximum Gasteiger partial charge on any atom is 0.265 e. The molecule has 3 rings (SSSR count). The third-order valence-corrected chi connectivity index (χ3v) is 3.99. The number of carbonyl (C=O) groups excluding carboxylic acids is 2. The van der Waals surface area contributed by atoms with Gasteiger partial charge in [-0.3, -0.25) is 9.59 Å². The van der Waals surface area contributed by atoms with Crippen LogP contribution in [0.3, 0.4) is 0 Å². The van der Waals surface area contributed by atoms with Gasteiger partial charge in [-0.2, -0.15) is 0 Å². The zero-order valence-electron chi connectivity index (χ0n) is 14.2. The monoisotopic (exact) mass is 336 g/mol. The minimum absolute atomic E-state index is 0.202. The molecule has 0 aromatic heterocycles. The van der Waals surface area contributed by atoms with Gasteiger partial charge in [0.05, 0.1) is 5.69 Å². The van der Waals surface area contributed by atoms with Gasteiger partial charge in [-0.1, -0.05) is 31.2 Å². The van der Waals surface area contributed by atoms with Crippen molar-refractivity contribution in [3.8, 4) is 5.75 Å². The van der Waals surface area contributed by atoms with Crippen LogP contribution < -0.4 is 15.4 Å². The van der Waals surface area contributed by atoms with E-state index in [9.17, 15) is 9.59 Å². The minimum Gasteiger partial charge on any atom is -0.479 e. The molecule has 5 heteroatoms. The molecular formula is C20H20N2O3. The number of aryl methyl sites for hydroxylation is 1. The van der Waals surface area contributed by atoms with Gasteiger partial charge >= 0.3 is 0 Å². The Morgan fingerprint density at radius 3 is 2.72 bits per heavy atom. The topological polar surface area (TPSA) is 67.4 Å². The van der Waals surface area contributed by atoms with Gasteiger partial charge in [0.2, 0.25) is 5.91 Å². The van der Waals surface area contributed by atoms with Crippen molar-refractivity contribution in [3.05, 3.63) is 59.7 Å².